The SMILES string of the molecule is CC(Nc1ccc(F)cc1C(=O)O)c1ccc(F)cc1. The number of rotatable bonds is 4. The van der Waals surface area contributed by atoms with Crippen LogP contribution in [0.5, 0.6) is 0 Å². The van der Waals surface area contributed by atoms with Crippen LogP contribution in [-0.2, 0) is 0 Å². The summed E-state index contributed by atoms with van der Waals surface area (Å²) in [6.07, 6.45) is 0. The number of benzene rings is 2. The van der Waals surface area contributed by atoms with Gasteiger partial charge in [-0.3, -0.25) is 0 Å². The number of carboxylic acids is 1. The van der Waals surface area contributed by atoms with Crippen molar-refractivity contribution in [3.8, 4) is 0 Å². The smallest absolute Gasteiger partial charge is 0.337 e. The van der Waals surface area contributed by atoms with Gasteiger partial charge in [0.15, 0.2) is 0 Å². The van der Waals surface area contributed by atoms with Gasteiger partial charge in [0.1, 0.15) is 11.6 Å². The van der Waals surface area contributed by atoms with Crippen molar-refractivity contribution in [2.75, 3.05) is 5.32 Å². The Labute approximate surface area is 114 Å². The third-order valence-electron chi connectivity index (χ3n) is 2.95. The molecule has 0 radical (unpaired) electrons. The predicted octanol–water partition coefficient (Wildman–Crippen LogP) is 3.84. The molecule has 0 aliphatic heterocycles. The highest BCUT2D eigenvalue weighted by atomic mass is 19.1. The van der Waals surface area contributed by atoms with Crippen LogP contribution in [0.25, 0.3) is 0 Å². The molecule has 2 rings (SSSR count). The topological polar surface area (TPSA) is 49.3 Å². The number of anilines is 1. The monoisotopic (exact) mass is 277 g/mol. The molecule has 2 aromatic carbocycles. The van der Waals surface area contributed by atoms with Crippen LogP contribution >= 0.6 is 0 Å². The van der Waals surface area contributed by atoms with E-state index < -0.39 is 11.8 Å². The van der Waals surface area contributed by atoms with E-state index in [0.717, 1.165) is 11.6 Å². The van der Waals surface area contributed by atoms with Gasteiger partial charge in [-0.25, -0.2) is 13.6 Å². The van der Waals surface area contributed by atoms with Crippen LogP contribution in [0.1, 0.15) is 28.9 Å². The molecule has 0 fully saturated rings. The maximum absolute atomic E-state index is 13.1. The Kier molecular flexibility index (Phi) is 3.98. The van der Waals surface area contributed by atoms with Crippen molar-refractivity contribution in [3.63, 3.8) is 0 Å². The maximum Gasteiger partial charge on any atom is 0.337 e. The Bertz CT molecular complexity index is 626. The summed E-state index contributed by atoms with van der Waals surface area (Å²) in [6, 6.07) is 9.16. The molecule has 1 atom stereocenters. The van der Waals surface area contributed by atoms with E-state index in [-0.39, 0.29) is 17.4 Å². The molecule has 0 aliphatic carbocycles. The van der Waals surface area contributed by atoms with Crippen LogP contribution < -0.4 is 5.32 Å². The van der Waals surface area contributed by atoms with E-state index in [1.54, 1.807) is 12.1 Å². The van der Waals surface area contributed by atoms with Crippen LogP contribution in [-0.4, -0.2) is 11.1 Å². The molecule has 0 bridgehead atoms. The molecule has 0 spiro atoms. The summed E-state index contributed by atoms with van der Waals surface area (Å²) < 4.78 is 25.9. The first-order valence-corrected chi connectivity index (χ1v) is 6.02. The van der Waals surface area contributed by atoms with E-state index in [1.165, 1.54) is 24.3 Å². The molecule has 20 heavy (non-hydrogen) atoms. The van der Waals surface area contributed by atoms with Gasteiger partial charge >= 0.3 is 5.97 Å². The zero-order chi connectivity index (χ0) is 14.7. The zero-order valence-corrected chi connectivity index (χ0v) is 10.7. The zero-order valence-electron chi connectivity index (χ0n) is 10.7. The Hall–Kier alpha value is -2.43. The van der Waals surface area contributed by atoms with Gasteiger partial charge in [-0.1, -0.05) is 12.1 Å². The summed E-state index contributed by atoms with van der Waals surface area (Å²) in [4.78, 5) is 11.1. The fourth-order valence-electron chi connectivity index (χ4n) is 1.89. The van der Waals surface area contributed by atoms with E-state index >= 15 is 0 Å². The van der Waals surface area contributed by atoms with Crippen LogP contribution in [0.3, 0.4) is 0 Å². The third kappa shape index (κ3) is 3.12. The van der Waals surface area contributed by atoms with E-state index in [4.69, 9.17) is 5.11 Å². The quantitative estimate of drug-likeness (QED) is 0.892. The van der Waals surface area contributed by atoms with Crippen molar-refractivity contribution in [1.82, 2.24) is 0 Å². The van der Waals surface area contributed by atoms with Crippen LogP contribution in [0.4, 0.5) is 14.5 Å². The molecule has 0 heterocycles. The second-order valence-electron chi connectivity index (χ2n) is 4.41. The Morgan fingerprint density at radius 1 is 1.10 bits per heavy atom. The number of halogens is 2. The van der Waals surface area contributed by atoms with Gasteiger partial charge in [0, 0.05) is 11.7 Å². The molecule has 0 aromatic heterocycles. The minimum Gasteiger partial charge on any atom is -0.478 e. The third-order valence-corrected chi connectivity index (χ3v) is 2.95. The van der Waals surface area contributed by atoms with Crippen molar-refractivity contribution >= 4 is 11.7 Å². The van der Waals surface area contributed by atoms with Crippen molar-refractivity contribution in [2.45, 2.75) is 13.0 Å². The second-order valence-corrected chi connectivity index (χ2v) is 4.41. The second kappa shape index (κ2) is 5.69. The highest BCUT2D eigenvalue weighted by molar-refractivity contribution is 5.94. The first-order valence-electron chi connectivity index (χ1n) is 6.02. The number of hydrogen-bond acceptors (Lipinski definition) is 2. The Balaban J connectivity index is 2.25. The number of nitrogens with one attached hydrogen (secondary N) is 1. The minimum absolute atomic E-state index is 0.140. The van der Waals surface area contributed by atoms with Crippen LogP contribution in [0.15, 0.2) is 42.5 Å². The lowest BCUT2D eigenvalue weighted by atomic mass is 10.1. The molecule has 3 nitrogen and oxygen atoms in total. The standard InChI is InChI=1S/C15H13F2NO2/c1-9(10-2-4-11(16)5-3-10)18-14-7-6-12(17)8-13(14)15(19)20/h2-9,18H,1H3,(H,19,20). The fourth-order valence-corrected chi connectivity index (χ4v) is 1.89. The van der Waals surface area contributed by atoms with Crippen LogP contribution in [0, 0.1) is 11.6 Å². The van der Waals surface area contributed by atoms with Gasteiger partial charge in [0.2, 0.25) is 0 Å². The largest absolute Gasteiger partial charge is 0.478 e. The first-order chi connectivity index (χ1) is 9.47. The molecule has 2 N–H and O–H groups in total. The molecular formula is C15H13F2NO2. The maximum atomic E-state index is 13.1. The minimum atomic E-state index is -1.21. The van der Waals surface area contributed by atoms with Crippen molar-refractivity contribution in [3.05, 3.63) is 65.2 Å². The van der Waals surface area contributed by atoms with Gasteiger partial charge in [0.25, 0.3) is 0 Å². The summed E-state index contributed by atoms with van der Waals surface area (Å²) in [6.45, 7) is 1.81. The van der Waals surface area contributed by atoms with Gasteiger partial charge in [-0.2, -0.15) is 0 Å². The van der Waals surface area contributed by atoms with Gasteiger partial charge in [-0.05, 0) is 42.8 Å². The van der Waals surface area contributed by atoms with E-state index in [2.05, 4.69) is 5.32 Å². The number of hydrogen-bond donors (Lipinski definition) is 2. The van der Waals surface area contributed by atoms with Crippen molar-refractivity contribution in [1.29, 1.82) is 0 Å². The lowest BCUT2D eigenvalue weighted by molar-refractivity contribution is 0.0697. The highest BCUT2D eigenvalue weighted by Gasteiger charge is 2.14. The number of carbonyl (C=O) groups is 1. The molecule has 2 aromatic rings. The Morgan fingerprint density at radius 2 is 1.70 bits per heavy atom. The normalized spacial score (nSPS) is 11.9. The summed E-state index contributed by atoms with van der Waals surface area (Å²) in [7, 11) is 0. The van der Waals surface area contributed by atoms with Crippen molar-refractivity contribution < 1.29 is 18.7 Å². The predicted molar refractivity (Wildman–Crippen MR) is 71.8 cm³/mol. The van der Waals surface area contributed by atoms with Gasteiger partial charge < -0.3 is 10.4 Å². The summed E-state index contributed by atoms with van der Waals surface area (Å²) in [5.41, 5.74) is 0.974. The lowest BCUT2D eigenvalue weighted by Gasteiger charge is -2.17. The van der Waals surface area contributed by atoms with Gasteiger partial charge in [-0.15, -0.1) is 0 Å². The number of carboxylic acid groups (broad SMARTS) is 1. The number of aromatic carboxylic acids is 1. The van der Waals surface area contributed by atoms with Gasteiger partial charge in [0.05, 0.1) is 5.56 Å². The van der Waals surface area contributed by atoms with E-state index in [9.17, 15) is 13.6 Å². The lowest BCUT2D eigenvalue weighted by Crippen LogP contribution is -2.11. The first kappa shape index (κ1) is 14.0. The summed E-state index contributed by atoms with van der Waals surface area (Å²) >= 11 is 0. The summed E-state index contributed by atoms with van der Waals surface area (Å²) in [5.74, 6) is -2.16. The van der Waals surface area contributed by atoms with Crippen molar-refractivity contribution in [2.24, 2.45) is 0 Å². The molecule has 0 aliphatic rings. The van der Waals surface area contributed by atoms with E-state index in [0.29, 0.717) is 5.69 Å². The molecule has 1 unspecified atom stereocenters. The average Bonchev–Trinajstić information content (AvgIpc) is 2.41. The van der Waals surface area contributed by atoms with Crippen LogP contribution in [0.2, 0.25) is 0 Å². The highest BCUT2D eigenvalue weighted by Crippen LogP contribution is 2.23. The summed E-state index contributed by atoms with van der Waals surface area (Å²) in [5, 5.41) is 12.0. The molecule has 0 amide bonds. The molecule has 5 heteroatoms. The fraction of sp³-hybridized carbons (Fsp3) is 0.133. The Morgan fingerprint density at radius 3 is 2.30 bits per heavy atom. The average molecular weight is 277 g/mol. The molecule has 0 saturated carbocycles. The molecule has 0 saturated heterocycles. The van der Waals surface area contributed by atoms with E-state index in [1.807, 2.05) is 6.92 Å². The molecule has 104 valence electrons. The molecular weight excluding hydrogens is 264 g/mol.